The van der Waals surface area contributed by atoms with Gasteiger partial charge in [-0.3, -0.25) is 4.79 Å². The Morgan fingerprint density at radius 2 is 1.62 bits per heavy atom. The summed E-state index contributed by atoms with van der Waals surface area (Å²) in [5, 5.41) is 2.87. The molecule has 1 aliphatic carbocycles. The molecule has 0 aliphatic heterocycles. The van der Waals surface area contributed by atoms with E-state index in [1.54, 1.807) is 12.1 Å². The van der Waals surface area contributed by atoms with E-state index in [2.05, 4.69) is 48.6 Å². The number of rotatable bonds is 5. The molecule has 2 aromatic rings. The van der Waals surface area contributed by atoms with E-state index in [9.17, 15) is 9.18 Å². The van der Waals surface area contributed by atoms with Crippen LogP contribution in [-0.2, 0) is 4.79 Å². The molecular weight excluding hydrogens is 327 g/mol. The molecule has 0 radical (unpaired) electrons. The summed E-state index contributed by atoms with van der Waals surface area (Å²) >= 11 is 0. The lowest BCUT2D eigenvalue weighted by molar-refractivity contribution is -0.117. The van der Waals surface area contributed by atoms with Crippen molar-refractivity contribution in [2.75, 3.05) is 24.3 Å². The summed E-state index contributed by atoms with van der Waals surface area (Å²) < 4.78 is 12.9. The second-order valence-corrected chi connectivity index (χ2v) is 7.46. The first-order valence-electron chi connectivity index (χ1n) is 9.34. The molecule has 3 nitrogen and oxygen atoms in total. The summed E-state index contributed by atoms with van der Waals surface area (Å²) in [6.45, 7) is 0. The summed E-state index contributed by atoms with van der Waals surface area (Å²) in [4.78, 5) is 14.3. The third-order valence-corrected chi connectivity index (χ3v) is 5.33. The summed E-state index contributed by atoms with van der Waals surface area (Å²) in [6, 6.07) is 14.8. The Labute approximate surface area is 155 Å². The fourth-order valence-corrected chi connectivity index (χ4v) is 3.75. The van der Waals surface area contributed by atoms with E-state index in [0.717, 1.165) is 25.7 Å². The van der Waals surface area contributed by atoms with Gasteiger partial charge in [-0.15, -0.1) is 0 Å². The van der Waals surface area contributed by atoms with Gasteiger partial charge in [0.2, 0.25) is 5.91 Å². The number of nitrogens with one attached hydrogen (secondary N) is 1. The number of hydrogen-bond acceptors (Lipinski definition) is 2. The number of amides is 1. The molecule has 3 rings (SSSR count). The van der Waals surface area contributed by atoms with Crippen LogP contribution in [0.1, 0.15) is 43.6 Å². The Hall–Kier alpha value is -2.36. The van der Waals surface area contributed by atoms with E-state index in [0.29, 0.717) is 23.9 Å². The lowest BCUT2D eigenvalue weighted by Gasteiger charge is -2.28. The SMILES string of the molecule is CN(C)c1ccc(C2CCC(CC(=O)Nc3ccc(F)cc3)CC2)cc1. The van der Waals surface area contributed by atoms with E-state index in [1.165, 1.54) is 23.4 Å². The molecule has 1 fully saturated rings. The Kier molecular flexibility index (Phi) is 5.92. The van der Waals surface area contributed by atoms with Gasteiger partial charge in [0.15, 0.2) is 0 Å². The van der Waals surface area contributed by atoms with Crippen LogP contribution in [0.4, 0.5) is 15.8 Å². The molecule has 0 saturated heterocycles. The van der Waals surface area contributed by atoms with Gasteiger partial charge >= 0.3 is 0 Å². The number of hydrogen-bond donors (Lipinski definition) is 1. The highest BCUT2D eigenvalue weighted by Crippen LogP contribution is 2.37. The number of nitrogens with zero attached hydrogens (tertiary/aromatic N) is 1. The average molecular weight is 354 g/mol. The zero-order chi connectivity index (χ0) is 18.5. The highest BCUT2D eigenvalue weighted by atomic mass is 19.1. The van der Waals surface area contributed by atoms with E-state index in [1.807, 2.05) is 0 Å². The standard InChI is InChI=1S/C22H27FN2O/c1-25(2)21-13-7-18(8-14-21)17-5-3-16(4-6-17)15-22(26)24-20-11-9-19(23)10-12-20/h7-14,16-17H,3-6,15H2,1-2H3,(H,24,26). The van der Waals surface area contributed by atoms with Gasteiger partial charge in [0.25, 0.3) is 0 Å². The molecule has 0 atom stereocenters. The van der Waals surface area contributed by atoms with Gasteiger partial charge in [-0.1, -0.05) is 12.1 Å². The van der Waals surface area contributed by atoms with Crippen LogP contribution in [0, 0.1) is 11.7 Å². The Morgan fingerprint density at radius 3 is 2.19 bits per heavy atom. The topological polar surface area (TPSA) is 32.3 Å². The summed E-state index contributed by atoms with van der Waals surface area (Å²) in [5.41, 5.74) is 3.29. The molecule has 1 saturated carbocycles. The van der Waals surface area contributed by atoms with Gasteiger partial charge in [0, 0.05) is 31.9 Å². The predicted octanol–water partition coefficient (Wildman–Crippen LogP) is 5.19. The molecule has 2 aromatic carbocycles. The minimum Gasteiger partial charge on any atom is -0.378 e. The Bertz CT molecular complexity index is 717. The summed E-state index contributed by atoms with van der Waals surface area (Å²) in [5.74, 6) is 0.769. The quantitative estimate of drug-likeness (QED) is 0.801. The fraction of sp³-hybridized carbons (Fsp3) is 0.409. The number of halogens is 1. The molecule has 0 heterocycles. The van der Waals surface area contributed by atoms with Crippen molar-refractivity contribution in [3.63, 3.8) is 0 Å². The number of carbonyl (C=O) groups excluding carboxylic acids is 1. The number of carbonyl (C=O) groups is 1. The second kappa shape index (κ2) is 8.35. The third-order valence-electron chi connectivity index (χ3n) is 5.33. The van der Waals surface area contributed by atoms with Gasteiger partial charge in [-0.25, -0.2) is 4.39 Å². The Balaban J connectivity index is 1.47. The van der Waals surface area contributed by atoms with Crippen LogP contribution in [0.15, 0.2) is 48.5 Å². The number of benzene rings is 2. The van der Waals surface area contributed by atoms with Gasteiger partial charge in [0.1, 0.15) is 5.82 Å². The fourth-order valence-electron chi connectivity index (χ4n) is 3.75. The van der Waals surface area contributed by atoms with Crippen molar-refractivity contribution in [1.29, 1.82) is 0 Å². The van der Waals surface area contributed by atoms with Crippen LogP contribution < -0.4 is 10.2 Å². The smallest absolute Gasteiger partial charge is 0.224 e. The summed E-state index contributed by atoms with van der Waals surface area (Å²) in [7, 11) is 4.11. The zero-order valence-corrected chi connectivity index (χ0v) is 15.5. The molecule has 26 heavy (non-hydrogen) atoms. The minimum absolute atomic E-state index is 0.0235. The van der Waals surface area contributed by atoms with Crippen LogP contribution in [0.2, 0.25) is 0 Å². The van der Waals surface area contributed by atoms with E-state index < -0.39 is 0 Å². The molecule has 1 N–H and O–H groups in total. The highest BCUT2D eigenvalue weighted by Gasteiger charge is 2.24. The number of anilines is 2. The maximum Gasteiger partial charge on any atom is 0.224 e. The molecular formula is C22H27FN2O. The van der Waals surface area contributed by atoms with Gasteiger partial charge in [-0.05, 0) is 79.5 Å². The predicted molar refractivity (Wildman–Crippen MR) is 105 cm³/mol. The maximum atomic E-state index is 12.9. The van der Waals surface area contributed by atoms with Gasteiger partial charge < -0.3 is 10.2 Å². The van der Waals surface area contributed by atoms with E-state index >= 15 is 0 Å². The minimum atomic E-state index is -0.292. The molecule has 4 heteroatoms. The van der Waals surface area contributed by atoms with Crippen LogP contribution in [0.25, 0.3) is 0 Å². The van der Waals surface area contributed by atoms with Crippen LogP contribution in [0.3, 0.4) is 0 Å². The molecule has 0 aromatic heterocycles. The van der Waals surface area contributed by atoms with Crippen molar-refractivity contribution in [3.8, 4) is 0 Å². The maximum absolute atomic E-state index is 12.9. The lowest BCUT2D eigenvalue weighted by atomic mass is 9.77. The van der Waals surface area contributed by atoms with E-state index in [4.69, 9.17) is 0 Å². The molecule has 1 amide bonds. The van der Waals surface area contributed by atoms with Crippen LogP contribution in [0.5, 0.6) is 0 Å². The van der Waals surface area contributed by atoms with Crippen molar-refractivity contribution in [1.82, 2.24) is 0 Å². The van der Waals surface area contributed by atoms with Crippen molar-refractivity contribution in [2.24, 2.45) is 5.92 Å². The first-order valence-corrected chi connectivity index (χ1v) is 9.34. The van der Waals surface area contributed by atoms with Crippen LogP contribution in [-0.4, -0.2) is 20.0 Å². The normalized spacial score (nSPS) is 19.8. The summed E-state index contributed by atoms with van der Waals surface area (Å²) in [6.07, 6.45) is 4.98. The van der Waals surface area contributed by atoms with Gasteiger partial charge in [-0.2, -0.15) is 0 Å². The third kappa shape index (κ3) is 4.84. The lowest BCUT2D eigenvalue weighted by Crippen LogP contribution is -2.20. The van der Waals surface area contributed by atoms with Crippen molar-refractivity contribution < 1.29 is 9.18 Å². The largest absolute Gasteiger partial charge is 0.378 e. The molecule has 0 bridgehead atoms. The molecule has 138 valence electrons. The first-order chi connectivity index (χ1) is 12.5. The van der Waals surface area contributed by atoms with Gasteiger partial charge in [0.05, 0.1) is 0 Å². The zero-order valence-electron chi connectivity index (χ0n) is 15.5. The average Bonchev–Trinajstić information content (AvgIpc) is 2.64. The van der Waals surface area contributed by atoms with Crippen molar-refractivity contribution in [3.05, 3.63) is 59.9 Å². The molecule has 1 aliphatic rings. The van der Waals surface area contributed by atoms with Crippen molar-refractivity contribution >= 4 is 17.3 Å². The van der Waals surface area contributed by atoms with E-state index in [-0.39, 0.29) is 11.7 Å². The second-order valence-electron chi connectivity index (χ2n) is 7.46. The molecule has 0 spiro atoms. The monoisotopic (exact) mass is 354 g/mol. The van der Waals surface area contributed by atoms with Crippen molar-refractivity contribution in [2.45, 2.75) is 38.0 Å². The van der Waals surface area contributed by atoms with Crippen LogP contribution >= 0.6 is 0 Å². The Morgan fingerprint density at radius 1 is 1.00 bits per heavy atom. The highest BCUT2D eigenvalue weighted by molar-refractivity contribution is 5.90. The molecule has 0 unspecified atom stereocenters. The first kappa shape index (κ1) is 18.4.